The molecule has 0 saturated carbocycles. The molecule has 0 aliphatic carbocycles. The van der Waals surface area contributed by atoms with Crippen LogP contribution in [0.4, 0.5) is 0 Å². The van der Waals surface area contributed by atoms with Crippen molar-refractivity contribution in [1.82, 2.24) is 9.55 Å². The van der Waals surface area contributed by atoms with Crippen molar-refractivity contribution in [2.24, 2.45) is 0 Å². The molecule has 1 heterocycles. The van der Waals surface area contributed by atoms with E-state index in [1.54, 1.807) is 4.57 Å². The Hall–Kier alpha value is -2.47. The highest BCUT2D eigenvalue weighted by Crippen LogP contribution is 2.13. The van der Waals surface area contributed by atoms with E-state index in [9.17, 15) is 9.59 Å². The van der Waals surface area contributed by atoms with Crippen LogP contribution >= 0.6 is 15.9 Å². The first-order valence-electron chi connectivity index (χ1n) is 9.47. The molecule has 0 unspecified atom stereocenters. The van der Waals surface area contributed by atoms with Crippen LogP contribution in [0.3, 0.4) is 0 Å². The molecule has 0 saturated heterocycles. The van der Waals surface area contributed by atoms with Crippen molar-refractivity contribution < 1.29 is 9.53 Å². The van der Waals surface area contributed by atoms with Crippen LogP contribution in [0.1, 0.15) is 37.4 Å². The lowest BCUT2D eigenvalue weighted by Crippen LogP contribution is -2.26. The van der Waals surface area contributed by atoms with Crippen LogP contribution in [0.5, 0.6) is 0 Å². The molecular formula is C22H23BrN2O3. The molecule has 28 heavy (non-hydrogen) atoms. The molecule has 0 N–H and O–H groups in total. The average Bonchev–Trinajstić information content (AvgIpc) is 2.71. The summed E-state index contributed by atoms with van der Waals surface area (Å²) in [6.07, 6.45) is 2.32. The van der Waals surface area contributed by atoms with Crippen molar-refractivity contribution in [1.29, 1.82) is 0 Å². The molecule has 3 aromatic rings. The van der Waals surface area contributed by atoms with Crippen LogP contribution in [0.15, 0.2) is 57.8 Å². The first-order chi connectivity index (χ1) is 13.6. The molecule has 0 spiro atoms. The molecule has 0 aliphatic heterocycles. The summed E-state index contributed by atoms with van der Waals surface area (Å²) in [5, 5.41) is 0. The number of rotatable bonds is 8. The average molecular weight is 443 g/mol. The standard InChI is InChI=1S/C22H23BrN2O3/c1-2-3-14-25-20-7-5-4-6-18(20)24-19(22(25)27)12-13-21(26)28-15-16-8-10-17(23)11-9-16/h4-11H,2-3,12-15H2,1H3. The molecule has 0 bridgehead atoms. The fourth-order valence-electron chi connectivity index (χ4n) is 2.98. The number of ether oxygens (including phenoxy) is 1. The Morgan fingerprint density at radius 2 is 1.89 bits per heavy atom. The number of hydrogen-bond donors (Lipinski definition) is 0. The van der Waals surface area contributed by atoms with Crippen LogP contribution in [0.2, 0.25) is 0 Å². The van der Waals surface area contributed by atoms with Gasteiger partial charge in [0.25, 0.3) is 5.56 Å². The Labute approximate surface area is 172 Å². The van der Waals surface area contributed by atoms with Gasteiger partial charge in [0, 0.05) is 17.4 Å². The van der Waals surface area contributed by atoms with E-state index < -0.39 is 0 Å². The van der Waals surface area contributed by atoms with E-state index in [0.717, 1.165) is 33.9 Å². The lowest BCUT2D eigenvalue weighted by molar-refractivity contribution is -0.144. The smallest absolute Gasteiger partial charge is 0.306 e. The van der Waals surface area contributed by atoms with Crippen molar-refractivity contribution in [2.75, 3.05) is 0 Å². The van der Waals surface area contributed by atoms with Gasteiger partial charge >= 0.3 is 5.97 Å². The van der Waals surface area contributed by atoms with Crippen molar-refractivity contribution >= 4 is 32.9 Å². The van der Waals surface area contributed by atoms with Gasteiger partial charge in [0.2, 0.25) is 0 Å². The zero-order valence-electron chi connectivity index (χ0n) is 15.9. The number of carbonyl (C=O) groups excluding carboxylic acids is 1. The number of nitrogens with zero attached hydrogens (tertiary/aromatic N) is 2. The van der Waals surface area contributed by atoms with Crippen LogP contribution in [-0.2, 0) is 29.1 Å². The second kappa shape index (κ2) is 9.64. The number of para-hydroxylation sites is 2. The number of carbonyl (C=O) groups is 1. The quantitative estimate of drug-likeness (QED) is 0.476. The lowest BCUT2D eigenvalue weighted by atomic mass is 10.2. The molecule has 6 heteroatoms. The second-order valence-corrected chi connectivity index (χ2v) is 7.56. The molecule has 2 aromatic carbocycles. The highest BCUT2D eigenvalue weighted by atomic mass is 79.9. The maximum Gasteiger partial charge on any atom is 0.306 e. The first-order valence-corrected chi connectivity index (χ1v) is 10.3. The van der Waals surface area contributed by atoms with E-state index in [0.29, 0.717) is 12.2 Å². The van der Waals surface area contributed by atoms with Crippen molar-refractivity contribution in [2.45, 2.75) is 45.8 Å². The predicted octanol–water partition coefficient (Wildman–Crippen LogP) is 4.64. The normalized spacial score (nSPS) is 10.9. The molecule has 0 atom stereocenters. The third-order valence-electron chi connectivity index (χ3n) is 4.53. The fraction of sp³-hybridized carbons (Fsp3) is 0.318. The van der Waals surface area contributed by atoms with Gasteiger partial charge in [0.15, 0.2) is 0 Å². The third-order valence-corrected chi connectivity index (χ3v) is 5.06. The summed E-state index contributed by atoms with van der Waals surface area (Å²) in [5.74, 6) is -0.336. The summed E-state index contributed by atoms with van der Waals surface area (Å²) >= 11 is 3.38. The number of halogens is 1. The number of unbranched alkanes of at least 4 members (excludes halogenated alkanes) is 1. The van der Waals surface area contributed by atoms with Gasteiger partial charge in [-0.05, 0) is 36.2 Å². The molecule has 0 aliphatic rings. The SMILES string of the molecule is CCCCn1c(=O)c(CCC(=O)OCc2ccc(Br)cc2)nc2ccccc21. The summed E-state index contributed by atoms with van der Waals surface area (Å²) < 4.78 is 8.07. The van der Waals surface area contributed by atoms with E-state index in [1.807, 2.05) is 48.5 Å². The van der Waals surface area contributed by atoms with Gasteiger partial charge in [0.05, 0.1) is 17.5 Å². The van der Waals surface area contributed by atoms with E-state index in [-0.39, 0.29) is 31.0 Å². The van der Waals surface area contributed by atoms with Crippen LogP contribution < -0.4 is 5.56 Å². The summed E-state index contributed by atoms with van der Waals surface area (Å²) in [6.45, 7) is 2.97. The van der Waals surface area contributed by atoms with Gasteiger partial charge in [0.1, 0.15) is 12.3 Å². The van der Waals surface area contributed by atoms with Crippen molar-refractivity contribution in [3.05, 3.63) is 74.6 Å². The van der Waals surface area contributed by atoms with E-state index >= 15 is 0 Å². The minimum absolute atomic E-state index is 0.118. The zero-order valence-corrected chi connectivity index (χ0v) is 17.4. The Morgan fingerprint density at radius 1 is 1.14 bits per heavy atom. The zero-order chi connectivity index (χ0) is 19.9. The van der Waals surface area contributed by atoms with Gasteiger partial charge in [-0.1, -0.05) is 53.5 Å². The van der Waals surface area contributed by atoms with Crippen molar-refractivity contribution in [3.8, 4) is 0 Å². The largest absolute Gasteiger partial charge is 0.461 e. The highest BCUT2D eigenvalue weighted by molar-refractivity contribution is 9.10. The lowest BCUT2D eigenvalue weighted by Gasteiger charge is -2.12. The van der Waals surface area contributed by atoms with Crippen LogP contribution in [0, 0.1) is 0 Å². The molecular weight excluding hydrogens is 420 g/mol. The Kier molecular flexibility index (Phi) is 6.98. The van der Waals surface area contributed by atoms with E-state index in [4.69, 9.17) is 4.74 Å². The van der Waals surface area contributed by atoms with Crippen LogP contribution in [0.25, 0.3) is 11.0 Å². The first kappa shape index (κ1) is 20.3. The van der Waals surface area contributed by atoms with Gasteiger partial charge in [-0.15, -0.1) is 0 Å². The van der Waals surface area contributed by atoms with E-state index in [1.165, 1.54) is 0 Å². The Morgan fingerprint density at radius 3 is 2.64 bits per heavy atom. The summed E-state index contributed by atoms with van der Waals surface area (Å²) in [4.78, 5) is 29.5. The number of benzene rings is 2. The van der Waals surface area contributed by atoms with Gasteiger partial charge in [-0.25, -0.2) is 4.98 Å². The monoisotopic (exact) mass is 442 g/mol. The maximum absolute atomic E-state index is 12.9. The van der Waals surface area contributed by atoms with Crippen molar-refractivity contribution in [3.63, 3.8) is 0 Å². The summed E-state index contributed by atoms with van der Waals surface area (Å²) in [5.41, 5.74) is 2.82. The second-order valence-electron chi connectivity index (χ2n) is 6.64. The molecule has 0 amide bonds. The third kappa shape index (κ3) is 5.07. The number of aryl methyl sites for hydroxylation is 2. The Bertz CT molecular complexity index is 1010. The number of hydrogen-bond acceptors (Lipinski definition) is 4. The number of fused-ring (bicyclic) bond motifs is 1. The molecule has 5 nitrogen and oxygen atoms in total. The number of aromatic nitrogens is 2. The molecule has 1 aromatic heterocycles. The van der Waals surface area contributed by atoms with E-state index in [2.05, 4.69) is 27.8 Å². The van der Waals surface area contributed by atoms with Gasteiger partial charge in [-0.3, -0.25) is 9.59 Å². The Balaban J connectivity index is 1.69. The minimum atomic E-state index is -0.336. The highest BCUT2D eigenvalue weighted by Gasteiger charge is 2.13. The van der Waals surface area contributed by atoms with Gasteiger partial charge < -0.3 is 9.30 Å². The van der Waals surface area contributed by atoms with Gasteiger partial charge in [-0.2, -0.15) is 0 Å². The topological polar surface area (TPSA) is 61.2 Å². The van der Waals surface area contributed by atoms with Crippen LogP contribution in [-0.4, -0.2) is 15.5 Å². The fourth-order valence-corrected chi connectivity index (χ4v) is 3.25. The summed E-state index contributed by atoms with van der Waals surface area (Å²) in [7, 11) is 0. The number of esters is 1. The maximum atomic E-state index is 12.9. The molecule has 3 rings (SSSR count). The molecule has 0 fully saturated rings. The molecule has 0 radical (unpaired) electrons. The summed E-state index contributed by atoms with van der Waals surface area (Å²) in [6, 6.07) is 15.2. The molecule has 146 valence electrons. The minimum Gasteiger partial charge on any atom is -0.461 e. The predicted molar refractivity (Wildman–Crippen MR) is 113 cm³/mol.